The number of esters is 4. The Hall–Kier alpha value is -4.80. The van der Waals surface area contributed by atoms with Crippen molar-refractivity contribution in [3.63, 3.8) is 0 Å². The van der Waals surface area contributed by atoms with E-state index in [2.05, 4.69) is 119 Å². The van der Waals surface area contributed by atoms with Gasteiger partial charge in [0.05, 0.1) is 32.8 Å². The molecule has 0 spiro atoms. The molecular weight excluding hydrogens is 1310 g/mol. The molecule has 0 aliphatic rings. The third-order valence-electron chi connectivity index (χ3n) is 15.7. The number of carbonyl (C=O) groups excluding carboxylic acids is 4. The van der Waals surface area contributed by atoms with E-state index in [4.69, 9.17) is 37.0 Å². The molecule has 0 radical (unpaired) electrons. The van der Waals surface area contributed by atoms with Crippen LogP contribution in [0.5, 0.6) is 0 Å². The van der Waals surface area contributed by atoms with Crippen LogP contribution in [0.2, 0.25) is 0 Å². The first-order valence-electron chi connectivity index (χ1n) is 38.4. The number of aliphatic hydroxyl groups excluding tert-OH is 1. The van der Waals surface area contributed by atoms with E-state index in [1.807, 2.05) is 36.5 Å². The molecule has 0 bridgehead atoms. The Balaban J connectivity index is 5.45. The highest BCUT2D eigenvalue weighted by Crippen LogP contribution is 2.45. The topological polar surface area (TPSA) is 237 Å². The van der Waals surface area contributed by atoms with Gasteiger partial charge in [-0.1, -0.05) is 315 Å². The fraction of sp³-hybridized carbons (Fsp3) is 0.679. The first-order valence-corrected chi connectivity index (χ1v) is 41.4. The molecule has 100 heavy (non-hydrogen) atoms. The zero-order valence-electron chi connectivity index (χ0n) is 62.3. The van der Waals surface area contributed by atoms with Crippen LogP contribution in [0.15, 0.2) is 134 Å². The van der Waals surface area contributed by atoms with Crippen molar-refractivity contribution in [1.82, 2.24) is 0 Å². The molecule has 3 N–H and O–H groups in total. The molecule has 0 aliphatic heterocycles. The van der Waals surface area contributed by atoms with E-state index in [-0.39, 0.29) is 25.7 Å². The molecule has 0 aromatic heterocycles. The lowest BCUT2D eigenvalue weighted by molar-refractivity contribution is -0.161. The maximum absolute atomic E-state index is 13.1. The van der Waals surface area contributed by atoms with Crippen LogP contribution in [-0.4, -0.2) is 96.7 Å². The molecule has 0 aromatic carbocycles. The van der Waals surface area contributed by atoms with Crippen molar-refractivity contribution in [2.45, 2.75) is 316 Å². The average Bonchev–Trinajstić information content (AvgIpc) is 0.935. The van der Waals surface area contributed by atoms with Gasteiger partial charge in [0.15, 0.2) is 12.2 Å². The number of hydrogen-bond donors (Lipinski definition) is 3. The minimum Gasteiger partial charge on any atom is -0.462 e. The Bertz CT molecular complexity index is 2420. The van der Waals surface area contributed by atoms with Gasteiger partial charge in [-0.05, 0) is 89.9 Å². The summed E-state index contributed by atoms with van der Waals surface area (Å²) in [4.78, 5) is 72.8. The number of hydrogen-bond acceptors (Lipinski definition) is 15. The molecule has 0 fully saturated rings. The van der Waals surface area contributed by atoms with Gasteiger partial charge in [0.25, 0.3) is 0 Å². The van der Waals surface area contributed by atoms with Gasteiger partial charge in [-0.2, -0.15) is 0 Å². The van der Waals surface area contributed by atoms with Gasteiger partial charge in [0, 0.05) is 19.3 Å². The van der Waals surface area contributed by atoms with Crippen molar-refractivity contribution < 1.29 is 80.2 Å². The zero-order chi connectivity index (χ0) is 73.2. The molecule has 0 amide bonds. The maximum Gasteiger partial charge on any atom is 0.472 e. The molecule has 5 atom stereocenters. The SMILES string of the molecule is CC/C=C\C/C=C\C/C=C\C/C=C\C/C=C\C/C=C\CCC(=O)OCC(COP(=O)(O)OCC(O)COP(=O)(O)OCC(COC(=O)C/C=C\C/C=C\C/C=C\C/C=C\C/C=C\CC)OC(=O)CCCCCCCCCCCCCCC)OC(=O)CCCCCCCCCCCCCCC. The number of phosphoric acid groups is 2. The Morgan fingerprint density at radius 3 is 0.870 bits per heavy atom. The van der Waals surface area contributed by atoms with Gasteiger partial charge in [0.2, 0.25) is 0 Å². The molecule has 19 heteroatoms. The lowest BCUT2D eigenvalue weighted by atomic mass is 10.0. The second kappa shape index (κ2) is 72.5. The Labute approximate surface area is 605 Å². The van der Waals surface area contributed by atoms with Crippen molar-refractivity contribution >= 4 is 39.5 Å². The predicted molar refractivity (Wildman–Crippen MR) is 408 cm³/mol. The Morgan fingerprint density at radius 1 is 0.300 bits per heavy atom. The van der Waals surface area contributed by atoms with Crippen molar-refractivity contribution in [3.8, 4) is 0 Å². The fourth-order valence-electron chi connectivity index (χ4n) is 9.91. The number of ether oxygens (including phenoxy) is 4. The minimum atomic E-state index is -5.00. The second-order valence-corrected chi connectivity index (χ2v) is 28.1. The number of allylic oxidation sites excluding steroid dienone is 21. The van der Waals surface area contributed by atoms with Crippen LogP contribution in [0.25, 0.3) is 0 Å². The Kier molecular flexibility index (Phi) is 69.1. The second-order valence-electron chi connectivity index (χ2n) is 25.2. The van der Waals surface area contributed by atoms with E-state index >= 15 is 0 Å². The van der Waals surface area contributed by atoms with Crippen LogP contribution in [0.3, 0.4) is 0 Å². The molecular formula is C81H136O17P2. The summed E-state index contributed by atoms with van der Waals surface area (Å²) in [6.07, 6.45) is 80.6. The predicted octanol–water partition coefficient (Wildman–Crippen LogP) is 22.1. The molecule has 0 heterocycles. The highest BCUT2D eigenvalue weighted by atomic mass is 31.2. The van der Waals surface area contributed by atoms with Crippen LogP contribution < -0.4 is 0 Å². The smallest absolute Gasteiger partial charge is 0.462 e. The summed E-state index contributed by atoms with van der Waals surface area (Å²) in [5, 5.41) is 10.6. The fourth-order valence-corrected chi connectivity index (χ4v) is 11.5. The van der Waals surface area contributed by atoms with Crippen LogP contribution in [-0.2, 0) is 65.4 Å². The van der Waals surface area contributed by atoms with Gasteiger partial charge in [-0.15, -0.1) is 0 Å². The summed E-state index contributed by atoms with van der Waals surface area (Å²) in [5.41, 5.74) is 0. The molecule has 0 saturated carbocycles. The van der Waals surface area contributed by atoms with Crippen molar-refractivity contribution in [2.75, 3.05) is 39.6 Å². The molecule has 0 saturated heterocycles. The Morgan fingerprint density at radius 2 is 0.560 bits per heavy atom. The van der Waals surface area contributed by atoms with Gasteiger partial charge < -0.3 is 33.8 Å². The minimum absolute atomic E-state index is 0.0338. The van der Waals surface area contributed by atoms with Crippen LogP contribution in [0, 0.1) is 0 Å². The quantitative estimate of drug-likeness (QED) is 0.0169. The van der Waals surface area contributed by atoms with Gasteiger partial charge in [-0.25, -0.2) is 9.13 Å². The van der Waals surface area contributed by atoms with Gasteiger partial charge in [-0.3, -0.25) is 37.3 Å². The summed E-state index contributed by atoms with van der Waals surface area (Å²) in [7, 11) is -9.99. The van der Waals surface area contributed by atoms with Gasteiger partial charge in [0.1, 0.15) is 19.3 Å². The maximum atomic E-state index is 13.1. The first kappa shape index (κ1) is 95.2. The molecule has 5 unspecified atom stereocenters. The third kappa shape index (κ3) is 71.6. The highest BCUT2D eigenvalue weighted by molar-refractivity contribution is 7.47. The van der Waals surface area contributed by atoms with E-state index in [1.165, 1.54) is 103 Å². The standard InChI is InChI=1S/C81H136O17P2/c1-5-9-13-17-21-25-29-33-35-36-37-38-40-44-46-50-54-58-62-66-79(84)92-72-77(98-81(86)68-64-60-56-52-48-42-32-28-24-20-16-12-8-4)74-96-100(89,90)94-70-75(82)69-93-99(87,88)95-73-76(97-80(85)67-63-59-55-51-47-41-31-27-23-19-15-11-7-3)71-91-78(83)65-61-57-53-49-45-43-39-34-30-26-22-18-14-10-6-2/h9-10,13-14,21-22,25-26,33-35,37-39,44-46,49,54,57-58,61,75-77,82H,5-8,11-12,15-20,23-24,27-32,36,40-43,47-48,50-53,55-56,59-60,62-74H2,1-4H3,(H,87,88)(H,89,90)/b13-9-,14-10-,25-21-,26-22-,35-33-,38-37-,39-34-,46-44-,49-45-,58-54-,61-57-. The van der Waals surface area contributed by atoms with Crippen LogP contribution in [0.1, 0.15) is 297 Å². The summed E-state index contributed by atoms with van der Waals surface area (Å²) in [5.74, 6) is -2.41. The molecule has 0 rings (SSSR count). The first-order chi connectivity index (χ1) is 48.7. The number of unbranched alkanes of at least 4 members (excludes halogenated alkanes) is 24. The normalized spacial score (nSPS) is 14.7. The highest BCUT2D eigenvalue weighted by Gasteiger charge is 2.30. The molecule has 17 nitrogen and oxygen atoms in total. The van der Waals surface area contributed by atoms with Crippen molar-refractivity contribution in [1.29, 1.82) is 0 Å². The van der Waals surface area contributed by atoms with E-state index < -0.39 is 97.5 Å². The largest absolute Gasteiger partial charge is 0.472 e. The van der Waals surface area contributed by atoms with E-state index in [0.717, 1.165) is 109 Å². The zero-order valence-corrected chi connectivity index (χ0v) is 64.1. The van der Waals surface area contributed by atoms with Crippen molar-refractivity contribution in [2.24, 2.45) is 0 Å². The summed E-state index contributed by atoms with van der Waals surface area (Å²) in [6.45, 7) is 4.45. The summed E-state index contributed by atoms with van der Waals surface area (Å²) in [6, 6.07) is 0. The van der Waals surface area contributed by atoms with E-state index in [1.54, 1.807) is 6.08 Å². The van der Waals surface area contributed by atoms with Crippen molar-refractivity contribution in [3.05, 3.63) is 134 Å². The van der Waals surface area contributed by atoms with E-state index in [0.29, 0.717) is 32.1 Å². The monoisotopic (exact) mass is 1440 g/mol. The number of phosphoric ester groups is 2. The third-order valence-corrected chi connectivity index (χ3v) is 17.6. The van der Waals surface area contributed by atoms with Crippen LogP contribution in [0.4, 0.5) is 0 Å². The van der Waals surface area contributed by atoms with Crippen LogP contribution >= 0.6 is 15.6 Å². The number of aliphatic hydroxyl groups is 1. The molecule has 0 aromatic rings. The lowest BCUT2D eigenvalue weighted by Gasteiger charge is -2.21. The van der Waals surface area contributed by atoms with Gasteiger partial charge >= 0.3 is 39.5 Å². The number of carbonyl (C=O) groups is 4. The van der Waals surface area contributed by atoms with E-state index in [9.17, 15) is 43.2 Å². The summed E-state index contributed by atoms with van der Waals surface area (Å²) >= 11 is 0. The molecule has 572 valence electrons. The number of rotatable bonds is 71. The summed E-state index contributed by atoms with van der Waals surface area (Å²) < 4.78 is 68.3. The lowest BCUT2D eigenvalue weighted by Crippen LogP contribution is -2.30. The average molecular weight is 1440 g/mol. The molecule has 0 aliphatic carbocycles.